The lowest BCUT2D eigenvalue weighted by Gasteiger charge is -2.05. The zero-order valence-electron chi connectivity index (χ0n) is 9.77. The molecule has 0 aliphatic heterocycles. The van der Waals surface area contributed by atoms with Crippen molar-refractivity contribution in [2.75, 3.05) is 0 Å². The fourth-order valence-corrected chi connectivity index (χ4v) is 1.45. The van der Waals surface area contributed by atoms with Gasteiger partial charge in [0.05, 0.1) is 11.3 Å². The lowest BCUT2D eigenvalue weighted by Crippen LogP contribution is -1.98. The van der Waals surface area contributed by atoms with Gasteiger partial charge in [-0.25, -0.2) is 4.98 Å². The molecular formula is C13H13NO3. The molecule has 0 fully saturated rings. The van der Waals surface area contributed by atoms with Gasteiger partial charge < -0.3 is 9.15 Å². The number of hydrogen-bond acceptors (Lipinski definition) is 4. The molecule has 0 atom stereocenters. The quantitative estimate of drug-likeness (QED) is 0.759. The van der Waals surface area contributed by atoms with Crippen LogP contribution in [0.15, 0.2) is 28.7 Å². The molecule has 88 valence electrons. The Bertz CT molecular complexity index is 512. The molecule has 1 aromatic carbocycles. The van der Waals surface area contributed by atoms with Crippen molar-refractivity contribution in [2.24, 2.45) is 0 Å². The van der Waals surface area contributed by atoms with Crippen molar-refractivity contribution in [1.29, 1.82) is 0 Å². The number of nitrogens with zero attached hydrogens (tertiary/aromatic N) is 1. The van der Waals surface area contributed by atoms with Crippen LogP contribution in [0.4, 0.5) is 0 Å². The average molecular weight is 231 g/mol. The molecule has 1 aromatic heterocycles. The van der Waals surface area contributed by atoms with Gasteiger partial charge >= 0.3 is 0 Å². The Hall–Kier alpha value is -2.10. The molecule has 1 heterocycles. The van der Waals surface area contributed by atoms with Crippen LogP contribution < -0.4 is 4.74 Å². The summed E-state index contributed by atoms with van der Waals surface area (Å²) < 4.78 is 10.9. The first-order valence-corrected chi connectivity index (χ1v) is 5.30. The molecule has 0 bridgehead atoms. The van der Waals surface area contributed by atoms with Crippen LogP contribution >= 0.6 is 0 Å². The van der Waals surface area contributed by atoms with E-state index in [0.717, 1.165) is 17.7 Å². The van der Waals surface area contributed by atoms with Crippen LogP contribution in [0, 0.1) is 13.8 Å². The predicted molar refractivity (Wildman–Crippen MR) is 62.1 cm³/mol. The maximum atomic E-state index is 10.8. The summed E-state index contributed by atoms with van der Waals surface area (Å²) in [6.07, 6.45) is 0.765. The summed E-state index contributed by atoms with van der Waals surface area (Å²) >= 11 is 0. The molecule has 0 spiro atoms. The van der Waals surface area contributed by atoms with Crippen LogP contribution in [0.5, 0.6) is 5.75 Å². The minimum absolute atomic E-state index is 0.222. The highest BCUT2D eigenvalue weighted by molar-refractivity contribution is 5.79. The molecule has 0 unspecified atom stereocenters. The molecule has 0 aliphatic carbocycles. The second-order valence-corrected chi connectivity index (χ2v) is 3.69. The normalized spacial score (nSPS) is 10.2. The van der Waals surface area contributed by atoms with Crippen molar-refractivity contribution in [3.8, 4) is 5.75 Å². The van der Waals surface area contributed by atoms with Gasteiger partial charge in [0.1, 0.15) is 11.5 Å². The van der Waals surface area contributed by atoms with E-state index in [1.807, 2.05) is 19.9 Å². The zero-order chi connectivity index (χ0) is 12.3. The lowest BCUT2D eigenvalue weighted by atomic mass is 10.2. The second-order valence-electron chi connectivity index (χ2n) is 3.69. The molecule has 4 heteroatoms. The number of carbonyl (C=O) groups excluding carboxylic acids is 1. The number of para-hydroxylation sites is 1. The number of ether oxygens (including phenoxy) is 1. The fraction of sp³-hybridized carbons (Fsp3) is 0.231. The van der Waals surface area contributed by atoms with E-state index in [2.05, 4.69) is 4.98 Å². The molecule has 2 rings (SSSR count). The third kappa shape index (κ3) is 2.53. The molecular weight excluding hydrogens is 218 g/mol. The van der Waals surface area contributed by atoms with Gasteiger partial charge in [0, 0.05) is 0 Å². The van der Waals surface area contributed by atoms with Crippen molar-refractivity contribution in [3.05, 3.63) is 47.2 Å². The maximum Gasteiger partial charge on any atom is 0.232 e. The van der Waals surface area contributed by atoms with Crippen LogP contribution in [-0.2, 0) is 6.61 Å². The van der Waals surface area contributed by atoms with Gasteiger partial charge in [-0.2, -0.15) is 0 Å². The Labute approximate surface area is 99.2 Å². The number of hydrogen-bond donors (Lipinski definition) is 0. The van der Waals surface area contributed by atoms with Crippen LogP contribution in [0.25, 0.3) is 0 Å². The minimum Gasteiger partial charge on any atom is -0.483 e. The van der Waals surface area contributed by atoms with Gasteiger partial charge in [-0.3, -0.25) is 4.79 Å². The first kappa shape index (κ1) is 11.4. The number of carbonyl (C=O) groups is 1. The molecule has 0 saturated heterocycles. The molecule has 4 nitrogen and oxygen atoms in total. The maximum absolute atomic E-state index is 10.8. The van der Waals surface area contributed by atoms with E-state index < -0.39 is 0 Å². The van der Waals surface area contributed by atoms with E-state index in [1.165, 1.54) is 0 Å². The SMILES string of the molecule is Cc1nc(COc2ccccc2C=O)oc1C. The highest BCUT2D eigenvalue weighted by Crippen LogP contribution is 2.18. The zero-order valence-corrected chi connectivity index (χ0v) is 9.77. The topological polar surface area (TPSA) is 52.3 Å². The van der Waals surface area contributed by atoms with Crippen LogP contribution in [0.1, 0.15) is 27.7 Å². The second kappa shape index (κ2) is 4.82. The smallest absolute Gasteiger partial charge is 0.232 e. The van der Waals surface area contributed by atoms with Crippen LogP contribution in [0.3, 0.4) is 0 Å². The van der Waals surface area contributed by atoms with Crippen molar-refractivity contribution in [1.82, 2.24) is 4.98 Å². The first-order chi connectivity index (χ1) is 8.20. The lowest BCUT2D eigenvalue weighted by molar-refractivity contribution is 0.111. The average Bonchev–Trinajstić information content (AvgIpc) is 2.66. The summed E-state index contributed by atoms with van der Waals surface area (Å²) in [6.45, 7) is 3.95. The Morgan fingerprint density at radius 3 is 2.76 bits per heavy atom. The van der Waals surface area contributed by atoms with E-state index in [1.54, 1.807) is 18.2 Å². The summed E-state index contributed by atoms with van der Waals surface area (Å²) in [7, 11) is 0. The van der Waals surface area contributed by atoms with E-state index >= 15 is 0 Å². The van der Waals surface area contributed by atoms with Crippen molar-refractivity contribution in [2.45, 2.75) is 20.5 Å². The number of aldehydes is 1. The molecule has 2 aromatic rings. The molecule has 0 saturated carbocycles. The summed E-state index contributed by atoms with van der Waals surface area (Å²) in [4.78, 5) is 15.0. The van der Waals surface area contributed by atoms with Crippen LogP contribution in [0.2, 0.25) is 0 Å². The highest BCUT2D eigenvalue weighted by atomic mass is 16.5. The third-order valence-electron chi connectivity index (χ3n) is 2.47. The summed E-state index contributed by atoms with van der Waals surface area (Å²) in [5, 5.41) is 0. The fourth-order valence-electron chi connectivity index (χ4n) is 1.45. The van der Waals surface area contributed by atoms with Gasteiger partial charge in [0.2, 0.25) is 5.89 Å². The Morgan fingerprint density at radius 1 is 1.35 bits per heavy atom. The molecule has 0 amide bonds. The van der Waals surface area contributed by atoms with Gasteiger partial charge in [-0.1, -0.05) is 12.1 Å². The molecule has 0 radical (unpaired) electrons. The first-order valence-electron chi connectivity index (χ1n) is 5.30. The van der Waals surface area contributed by atoms with E-state index in [0.29, 0.717) is 17.2 Å². The van der Waals surface area contributed by atoms with Gasteiger partial charge in [-0.05, 0) is 26.0 Å². The number of oxazole rings is 1. The van der Waals surface area contributed by atoms with Gasteiger partial charge in [-0.15, -0.1) is 0 Å². The third-order valence-corrected chi connectivity index (χ3v) is 2.47. The number of aryl methyl sites for hydroxylation is 2. The predicted octanol–water partition coefficient (Wildman–Crippen LogP) is 2.68. The summed E-state index contributed by atoms with van der Waals surface area (Å²) in [5.74, 6) is 1.84. The van der Waals surface area contributed by atoms with E-state index in [4.69, 9.17) is 9.15 Å². The number of aromatic nitrogens is 1. The summed E-state index contributed by atoms with van der Waals surface area (Å²) in [6, 6.07) is 7.05. The standard InChI is InChI=1S/C13H13NO3/c1-9-10(2)17-13(14-9)8-16-12-6-4-3-5-11(12)7-15/h3-7H,8H2,1-2H3. The minimum atomic E-state index is 0.222. The van der Waals surface area contributed by atoms with Gasteiger partial charge in [0.25, 0.3) is 0 Å². The molecule has 17 heavy (non-hydrogen) atoms. The Kier molecular flexibility index (Phi) is 3.23. The monoisotopic (exact) mass is 231 g/mol. The van der Waals surface area contributed by atoms with Crippen molar-refractivity contribution < 1.29 is 13.9 Å². The van der Waals surface area contributed by atoms with Gasteiger partial charge in [0.15, 0.2) is 12.9 Å². The van der Waals surface area contributed by atoms with E-state index in [9.17, 15) is 4.79 Å². The molecule has 0 aliphatic rings. The van der Waals surface area contributed by atoms with Crippen molar-refractivity contribution in [3.63, 3.8) is 0 Å². The van der Waals surface area contributed by atoms with Crippen molar-refractivity contribution >= 4 is 6.29 Å². The highest BCUT2D eigenvalue weighted by Gasteiger charge is 2.07. The van der Waals surface area contributed by atoms with Crippen LogP contribution in [-0.4, -0.2) is 11.3 Å². The number of rotatable bonds is 4. The molecule has 0 N–H and O–H groups in total. The largest absolute Gasteiger partial charge is 0.483 e. The Morgan fingerprint density at radius 2 is 2.12 bits per heavy atom. The number of benzene rings is 1. The Balaban J connectivity index is 2.09. The van der Waals surface area contributed by atoms with E-state index in [-0.39, 0.29) is 6.61 Å². The summed E-state index contributed by atoms with van der Waals surface area (Å²) in [5.41, 5.74) is 1.37.